The van der Waals surface area contributed by atoms with Gasteiger partial charge in [-0.15, -0.1) is 0 Å². The minimum atomic E-state index is 0. The molecule has 2 heteroatoms. The van der Waals surface area contributed by atoms with E-state index >= 15 is 0 Å². The third-order valence-corrected chi connectivity index (χ3v) is 1.21. The fourth-order valence-corrected chi connectivity index (χ4v) is 0.500. The molecule has 0 aromatic rings. The predicted molar refractivity (Wildman–Crippen MR) is 49.8 cm³/mol. The van der Waals surface area contributed by atoms with E-state index in [9.17, 15) is 0 Å². The molecule has 0 fully saturated rings. The van der Waals surface area contributed by atoms with Crippen molar-refractivity contribution in [1.82, 2.24) is 0 Å². The average Bonchev–Trinajstić information content (AvgIpc) is 2.01. The molecule has 0 rings (SSSR count). The summed E-state index contributed by atoms with van der Waals surface area (Å²) in [7, 11) is 0. The smallest absolute Gasteiger partial charge is 0.346 e. The van der Waals surface area contributed by atoms with Crippen LogP contribution >= 0.6 is 0 Å². The van der Waals surface area contributed by atoms with Crippen LogP contribution < -0.4 is 37.7 Å². The van der Waals surface area contributed by atoms with Gasteiger partial charge < -0.3 is 13.8 Å². The first-order valence-electron chi connectivity index (χ1n) is 4.41. The Labute approximate surface area is 104 Å². The molecule has 0 aliphatic rings. The van der Waals surface area contributed by atoms with Gasteiger partial charge in [-0.25, -0.2) is 12.8 Å². The summed E-state index contributed by atoms with van der Waals surface area (Å²) in [5.41, 5.74) is 0. The molecule has 0 aromatic heterocycles. The van der Waals surface area contributed by atoms with Gasteiger partial charge in [-0.1, -0.05) is 39.5 Å². The first-order valence-corrected chi connectivity index (χ1v) is 4.41. The summed E-state index contributed by atoms with van der Waals surface area (Å²) >= 11 is 0. The monoisotopic (exact) mass is 156 g/mol. The molecule has 0 unspecified atom stereocenters. The largest absolute Gasteiger partial charge is 1.00 e. The van der Waals surface area contributed by atoms with Crippen molar-refractivity contribution in [3.63, 3.8) is 0 Å². The molecule has 0 N–H and O–H groups in total. The van der Waals surface area contributed by atoms with Gasteiger partial charge in [0.05, 0.1) is 0 Å². The minimum absolute atomic E-state index is 0. The summed E-state index contributed by atoms with van der Waals surface area (Å²) in [5, 5.41) is 0. The molecule has 0 spiro atoms. The van der Waals surface area contributed by atoms with Crippen LogP contribution in [0.25, 0.3) is 0 Å². The van der Waals surface area contributed by atoms with Gasteiger partial charge in [-0.3, -0.25) is 0 Å². The second-order valence-electron chi connectivity index (χ2n) is 2.41. The number of hydrogen-bond acceptors (Lipinski definition) is 0. The van der Waals surface area contributed by atoms with Crippen LogP contribution in [0, 0.1) is 13.8 Å². The average molecular weight is 156 g/mol. The van der Waals surface area contributed by atoms with Gasteiger partial charge >= 0.3 is 37.7 Å². The van der Waals surface area contributed by atoms with E-state index in [4.69, 9.17) is 0 Å². The van der Waals surface area contributed by atoms with E-state index in [2.05, 4.69) is 27.7 Å². The summed E-state index contributed by atoms with van der Waals surface area (Å²) in [6.45, 7) is 11.5. The Morgan fingerprint density at radius 3 is 1.08 bits per heavy atom. The van der Waals surface area contributed by atoms with Crippen LogP contribution in [0.2, 0.25) is 0 Å². The molecule has 64 valence electrons. The maximum Gasteiger partial charge on any atom is 1.00 e. The minimum Gasteiger partial charge on any atom is -0.346 e. The number of hydrogen-bond donors (Lipinski definition) is 0. The molecule has 0 bridgehead atoms. The van der Waals surface area contributed by atoms with Gasteiger partial charge in [0.25, 0.3) is 0 Å². The maximum atomic E-state index is 3.54. The second kappa shape index (κ2) is 29.5. The fraction of sp³-hybridized carbons (Fsp3) is 0.800. The predicted octanol–water partition coefficient (Wildman–Crippen LogP) is -1.97. The third-order valence-electron chi connectivity index (χ3n) is 1.21. The summed E-state index contributed by atoms with van der Waals surface area (Å²) in [4.78, 5) is 0. The van der Waals surface area contributed by atoms with E-state index in [-0.39, 0.29) is 37.7 Å². The molecule has 0 heterocycles. The first-order chi connectivity index (χ1) is 4.83. The van der Waals surface area contributed by atoms with Crippen LogP contribution in [0.1, 0.15) is 52.4 Å². The van der Waals surface area contributed by atoms with E-state index in [1.54, 1.807) is 0 Å². The molecule has 0 saturated carbocycles. The van der Waals surface area contributed by atoms with Gasteiger partial charge in [-0.2, -0.15) is 0 Å². The van der Waals surface area contributed by atoms with Crippen molar-refractivity contribution in [2.24, 2.45) is 0 Å². The summed E-state index contributed by atoms with van der Waals surface area (Å²) in [6, 6.07) is 0. The van der Waals surface area contributed by atoms with Crippen molar-refractivity contribution in [1.29, 1.82) is 0 Å². The van der Waals surface area contributed by atoms with Crippen LogP contribution in [0.3, 0.4) is 0 Å². The van der Waals surface area contributed by atoms with E-state index in [1.807, 2.05) is 0 Å². The zero-order valence-electron chi connectivity index (χ0n) is 9.66. The molecular formula is C10H22Li2. The van der Waals surface area contributed by atoms with Crippen molar-refractivity contribution < 1.29 is 37.7 Å². The quantitative estimate of drug-likeness (QED) is 0.252. The maximum absolute atomic E-state index is 3.54. The Morgan fingerprint density at radius 2 is 1.00 bits per heavy atom. The molecule has 0 atom stereocenters. The molecule has 0 amide bonds. The zero-order valence-corrected chi connectivity index (χ0v) is 9.66. The molecule has 0 nitrogen and oxygen atoms in total. The van der Waals surface area contributed by atoms with E-state index in [0.717, 1.165) is 12.8 Å². The van der Waals surface area contributed by atoms with Crippen LogP contribution in [-0.2, 0) is 0 Å². The molecule has 0 saturated heterocycles. The van der Waals surface area contributed by atoms with Crippen molar-refractivity contribution in [2.75, 3.05) is 0 Å². The Kier molecular flexibility index (Phi) is 57.1. The van der Waals surface area contributed by atoms with Crippen molar-refractivity contribution >= 4 is 0 Å². The molecule has 0 aliphatic heterocycles. The van der Waals surface area contributed by atoms with Crippen molar-refractivity contribution in [3.8, 4) is 0 Å². The van der Waals surface area contributed by atoms with E-state index < -0.39 is 0 Å². The standard InChI is InChI=1S/C6H14.C4H8.2Li/c1-3-5-6-4-2;1-3-4-2;;/h3-6H2,1-2H3;1-4H2;;/q;-2;2*+1. The topological polar surface area (TPSA) is 0 Å². The van der Waals surface area contributed by atoms with Crippen molar-refractivity contribution in [2.45, 2.75) is 52.4 Å². The van der Waals surface area contributed by atoms with Gasteiger partial charge in [-0.05, 0) is 0 Å². The van der Waals surface area contributed by atoms with E-state index in [1.165, 1.54) is 25.7 Å². The molecule has 12 heavy (non-hydrogen) atoms. The Balaban J connectivity index is -0.0000000483. The summed E-state index contributed by atoms with van der Waals surface area (Å²) in [6.07, 6.45) is 7.45. The van der Waals surface area contributed by atoms with Gasteiger partial charge in [0, 0.05) is 0 Å². The summed E-state index contributed by atoms with van der Waals surface area (Å²) in [5.74, 6) is 0. The number of rotatable bonds is 4. The Morgan fingerprint density at radius 1 is 0.750 bits per heavy atom. The van der Waals surface area contributed by atoms with Crippen LogP contribution in [0.4, 0.5) is 0 Å². The fourth-order valence-electron chi connectivity index (χ4n) is 0.500. The second-order valence-corrected chi connectivity index (χ2v) is 2.41. The summed E-state index contributed by atoms with van der Waals surface area (Å²) < 4.78 is 0. The van der Waals surface area contributed by atoms with Crippen LogP contribution in [-0.4, -0.2) is 0 Å². The normalized spacial score (nSPS) is 7.00. The molecule has 0 aromatic carbocycles. The Bertz CT molecular complexity index is 32.8. The third kappa shape index (κ3) is 43.1. The van der Waals surface area contributed by atoms with Crippen LogP contribution in [0.5, 0.6) is 0 Å². The molecular weight excluding hydrogens is 134 g/mol. The van der Waals surface area contributed by atoms with Gasteiger partial charge in [0.1, 0.15) is 0 Å². The van der Waals surface area contributed by atoms with Gasteiger partial charge in [0.15, 0.2) is 0 Å². The molecule has 0 radical (unpaired) electrons. The van der Waals surface area contributed by atoms with Gasteiger partial charge in [0.2, 0.25) is 0 Å². The SMILES string of the molecule is CCCCCC.[CH2-]CC[CH2-].[Li+].[Li+]. The van der Waals surface area contributed by atoms with E-state index in [0.29, 0.717) is 0 Å². The Hall–Kier alpha value is 1.19. The number of unbranched alkanes of at least 4 members (excludes halogenated alkanes) is 4. The zero-order chi connectivity index (χ0) is 8.24. The van der Waals surface area contributed by atoms with Crippen molar-refractivity contribution in [3.05, 3.63) is 13.8 Å². The molecule has 0 aliphatic carbocycles. The first kappa shape index (κ1) is 23.2. The van der Waals surface area contributed by atoms with Crippen LogP contribution in [0.15, 0.2) is 0 Å².